The van der Waals surface area contributed by atoms with Crippen LogP contribution in [0, 0.1) is 11.3 Å². The summed E-state index contributed by atoms with van der Waals surface area (Å²) < 4.78 is 0. The molecule has 0 atom stereocenters. The first-order chi connectivity index (χ1) is 9.27. The molecule has 1 aromatic heterocycles. The first kappa shape index (κ1) is 12.3. The lowest BCUT2D eigenvalue weighted by Crippen LogP contribution is -2.33. The number of thioether (sulfide) groups is 1. The SMILES string of the molecule is CSc1ccc(-c2cnc(C3(C#N)CCC3)[nH]2)cc1. The fourth-order valence-corrected chi connectivity index (χ4v) is 2.82. The molecule has 0 aliphatic heterocycles. The molecule has 0 radical (unpaired) electrons. The van der Waals surface area contributed by atoms with E-state index >= 15 is 0 Å². The van der Waals surface area contributed by atoms with Crippen molar-refractivity contribution in [2.24, 2.45) is 0 Å². The number of hydrogen-bond acceptors (Lipinski definition) is 3. The molecule has 0 spiro atoms. The predicted molar refractivity (Wildman–Crippen MR) is 76.9 cm³/mol. The number of nitriles is 1. The molecule has 0 saturated heterocycles. The van der Waals surface area contributed by atoms with Gasteiger partial charge in [-0.2, -0.15) is 5.26 Å². The van der Waals surface area contributed by atoms with E-state index in [9.17, 15) is 5.26 Å². The Morgan fingerprint density at radius 1 is 1.32 bits per heavy atom. The first-order valence-electron chi connectivity index (χ1n) is 6.38. The lowest BCUT2D eigenvalue weighted by molar-refractivity contribution is 0.309. The van der Waals surface area contributed by atoms with Crippen molar-refractivity contribution >= 4 is 11.8 Å². The summed E-state index contributed by atoms with van der Waals surface area (Å²) in [5, 5.41) is 9.33. The van der Waals surface area contributed by atoms with Gasteiger partial charge in [0.15, 0.2) is 0 Å². The molecule has 0 unspecified atom stereocenters. The van der Waals surface area contributed by atoms with Crippen LogP contribution in [0.5, 0.6) is 0 Å². The Bertz CT molecular complexity index is 618. The predicted octanol–water partition coefficient (Wildman–Crippen LogP) is 3.74. The van der Waals surface area contributed by atoms with Crippen LogP contribution in [-0.2, 0) is 5.41 Å². The van der Waals surface area contributed by atoms with Gasteiger partial charge in [0, 0.05) is 4.90 Å². The van der Waals surface area contributed by atoms with Crippen molar-refractivity contribution in [1.29, 1.82) is 5.26 Å². The van der Waals surface area contributed by atoms with E-state index in [4.69, 9.17) is 0 Å². The van der Waals surface area contributed by atoms with Crippen LogP contribution in [0.4, 0.5) is 0 Å². The molecule has 19 heavy (non-hydrogen) atoms. The Balaban J connectivity index is 1.90. The van der Waals surface area contributed by atoms with Gasteiger partial charge in [0.05, 0.1) is 18.0 Å². The molecule has 96 valence electrons. The summed E-state index contributed by atoms with van der Waals surface area (Å²) in [6, 6.07) is 10.8. The monoisotopic (exact) mass is 269 g/mol. The number of aromatic nitrogens is 2. The number of nitrogens with zero attached hydrogens (tertiary/aromatic N) is 2. The number of imidazole rings is 1. The number of hydrogen-bond donors (Lipinski definition) is 1. The van der Waals surface area contributed by atoms with Crippen LogP contribution in [0.1, 0.15) is 25.1 Å². The number of nitrogens with one attached hydrogen (secondary N) is 1. The van der Waals surface area contributed by atoms with Crippen LogP contribution in [0.2, 0.25) is 0 Å². The molecule has 3 rings (SSSR count). The second kappa shape index (κ2) is 4.75. The van der Waals surface area contributed by atoms with Crippen LogP contribution < -0.4 is 0 Å². The minimum absolute atomic E-state index is 0.364. The molecule has 0 amide bonds. The first-order valence-corrected chi connectivity index (χ1v) is 7.61. The zero-order valence-corrected chi connectivity index (χ0v) is 11.6. The quantitative estimate of drug-likeness (QED) is 0.863. The van der Waals surface area contributed by atoms with E-state index in [2.05, 4.69) is 46.6 Å². The van der Waals surface area contributed by atoms with Gasteiger partial charge in [0.2, 0.25) is 0 Å². The summed E-state index contributed by atoms with van der Waals surface area (Å²) in [6.45, 7) is 0. The number of H-pyrrole nitrogens is 1. The molecule has 1 aliphatic carbocycles. The zero-order valence-electron chi connectivity index (χ0n) is 10.8. The van der Waals surface area contributed by atoms with Crippen LogP contribution >= 0.6 is 11.8 Å². The van der Waals surface area contributed by atoms with Crippen molar-refractivity contribution < 1.29 is 0 Å². The van der Waals surface area contributed by atoms with E-state index in [1.54, 1.807) is 11.8 Å². The minimum atomic E-state index is -0.364. The highest BCUT2D eigenvalue weighted by Crippen LogP contribution is 2.42. The summed E-state index contributed by atoms with van der Waals surface area (Å²) in [4.78, 5) is 8.98. The van der Waals surface area contributed by atoms with E-state index in [0.29, 0.717) is 0 Å². The fraction of sp³-hybridized carbons (Fsp3) is 0.333. The van der Waals surface area contributed by atoms with Crippen molar-refractivity contribution in [2.45, 2.75) is 29.6 Å². The molecule has 1 fully saturated rings. The van der Waals surface area contributed by atoms with Crippen molar-refractivity contribution in [3.63, 3.8) is 0 Å². The normalized spacial score (nSPS) is 16.6. The highest BCUT2D eigenvalue weighted by molar-refractivity contribution is 7.98. The molecular weight excluding hydrogens is 254 g/mol. The van der Waals surface area contributed by atoms with E-state index in [-0.39, 0.29) is 5.41 Å². The van der Waals surface area contributed by atoms with E-state index in [1.165, 1.54) is 4.90 Å². The number of aromatic amines is 1. The molecule has 1 heterocycles. The maximum atomic E-state index is 9.33. The summed E-state index contributed by atoms with van der Waals surface area (Å²) in [5.41, 5.74) is 1.74. The summed E-state index contributed by atoms with van der Waals surface area (Å²) in [5.74, 6) is 0.824. The third-order valence-corrected chi connectivity index (χ3v) is 4.59. The van der Waals surface area contributed by atoms with Gasteiger partial charge in [0.1, 0.15) is 11.2 Å². The smallest absolute Gasteiger partial charge is 0.127 e. The van der Waals surface area contributed by atoms with E-state index in [1.807, 2.05) is 6.20 Å². The summed E-state index contributed by atoms with van der Waals surface area (Å²) >= 11 is 1.73. The molecule has 0 bridgehead atoms. The Labute approximate surface area is 117 Å². The topological polar surface area (TPSA) is 52.5 Å². The van der Waals surface area contributed by atoms with Gasteiger partial charge in [-0.3, -0.25) is 0 Å². The largest absolute Gasteiger partial charge is 0.341 e. The van der Waals surface area contributed by atoms with Crippen molar-refractivity contribution in [1.82, 2.24) is 9.97 Å². The molecular formula is C15H15N3S. The van der Waals surface area contributed by atoms with E-state index < -0.39 is 0 Å². The van der Waals surface area contributed by atoms with Crippen LogP contribution in [0.3, 0.4) is 0 Å². The Morgan fingerprint density at radius 2 is 2.05 bits per heavy atom. The van der Waals surface area contributed by atoms with Gasteiger partial charge in [-0.05, 0) is 43.2 Å². The minimum Gasteiger partial charge on any atom is -0.341 e. The Morgan fingerprint density at radius 3 is 2.58 bits per heavy atom. The van der Waals surface area contributed by atoms with Crippen molar-refractivity contribution in [2.75, 3.05) is 6.26 Å². The highest BCUT2D eigenvalue weighted by Gasteiger charge is 2.41. The van der Waals surface area contributed by atoms with Gasteiger partial charge >= 0.3 is 0 Å². The van der Waals surface area contributed by atoms with Crippen LogP contribution in [0.25, 0.3) is 11.3 Å². The third kappa shape index (κ3) is 2.04. The molecule has 1 N–H and O–H groups in total. The second-order valence-electron chi connectivity index (χ2n) is 4.92. The number of rotatable bonds is 3. The molecule has 1 aromatic carbocycles. The maximum absolute atomic E-state index is 9.33. The molecule has 2 aromatic rings. The molecule has 1 saturated carbocycles. The number of benzene rings is 1. The van der Waals surface area contributed by atoms with Crippen LogP contribution in [0.15, 0.2) is 35.4 Å². The Hall–Kier alpha value is -1.73. The van der Waals surface area contributed by atoms with Crippen molar-refractivity contribution in [3.8, 4) is 17.3 Å². The Kier molecular flexibility index (Phi) is 3.08. The molecule has 4 heteroatoms. The lowest BCUT2D eigenvalue weighted by atomic mass is 9.69. The van der Waals surface area contributed by atoms with Crippen molar-refractivity contribution in [3.05, 3.63) is 36.3 Å². The fourth-order valence-electron chi connectivity index (χ4n) is 2.41. The van der Waals surface area contributed by atoms with Gasteiger partial charge in [-0.15, -0.1) is 11.8 Å². The maximum Gasteiger partial charge on any atom is 0.127 e. The standard InChI is InChI=1S/C15H15N3S/c1-19-12-5-3-11(4-6-12)13-9-17-14(18-13)15(10-16)7-2-8-15/h3-6,9H,2,7-8H2,1H3,(H,17,18). The third-order valence-electron chi connectivity index (χ3n) is 3.85. The van der Waals surface area contributed by atoms with Gasteiger partial charge in [-0.25, -0.2) is 4.98 Å². The highest BCUT2D eigenvalue weighted by atomic mass is 32.2. The van der Waals surface area contributed by atoms with E-state index in [0.717, 1.165) is 36.3 Å². The van der Waals surface area contributed by atoms with Gasteiger partial charge in [0.25, 0.3) is 0 Å². The molecule has 1 aliphatic rings. The summed E-state index contributed by atoms with van der Waals surface area (Å²) in [7, 11) is 0. The second-order valence-corrected chi connectivity index (χ2v) is 5.80. The average Bonchev–Trinajstić information content (AvgIpc) is 2.88. The average molecular weight is 269 g/mol. The van der Waals surface area contributed by atoms with Gasteiger partial charge in [-0.1, -0.05) is 12.1 Å². The van der Waals surface area contributed by atoms with Gasteiger partial charge < -0.3 is 4.98 Å². The zero-order chi connectivity index (χ0) is 13.3. The summed E-state index contributed by atoms with van der Waals surface area (Å²) in [6.07, 6.45) is 6.85. The van der Waals surface area contributed by atoms with Crippen LogP contribution in [-0.4, -0.2) is 16.2 Å². The lowest BCUT2D eigenvalue weighted by Gasteiger charge is -2.32. The molecule has 3 nitrogen and oxygen atoms in total.